The number of benzene rings is 1. The van der Waals surface area contributed by atoms with E-state index >= 15 is 0 Å². The Kier molecular flexibility index (Phi) is 6.47. The Hall–Kier alpha value is -3.09. The van der Waals surface area contributed by atoms with Crippen molar-refractivity contribution in [2.24, 2.45) is 5.92 Å². The molecule has 30 heavy (non-hydrogen) atoms. The van der Waals surface area contributed by atoms with Gasteiger partial charge >= 0.3 is 0 Å². The highest BCUT2D eigenvalue weighted by atomic mass is 16.5. The largest absolute Gasteiger partial charge is 0.497 e. The highest BCUT2D eigenvalue weighted by molar-refractivity contribution is 5.76. The molecule has 0 spiro atoms. The molecule has 1 atom stereocenters. The van der Waals surface area contributed by atoms with Crippen molar-refractivity contribution in [2.45, 2.75) is 32.1 Å². The van der Waals surface area contributed by atoms with E-state index in [-0.39, 0.29) is 5.91 Å². The molecular weight excluding hydrogens is 380 g/mol. The van der Waals surface area contributed by atoms with Crippen LogP contribution in [0.3, 0.4) is 0 Å². The zero-order valence-electron chi connectivity index (χ0n) is 17.3. The molecule has 3 aromatic rings. The number of aryl methyl sites for hydroxylation is 1. The Labute approximate surface area is 176 Å². The van der Waals surface area contributed by atoms with E-state index in [1.54, 1.807) is 13.3 Å². The maximum atomic E-state index is 12.4. The van der Waals surface area contributed by atoms with Crippen molar-refractivity contribution in [2.75, 3.05) is 31.6 Å². The number of carbonyl (C=O) groups is 1. The number of ether oxygens (including phenoxy) is 1. The Balaban J connectivity index is 1.21. The van der Waals surface area contributed by atoms with Crippen molar-refractivity contribution in [3.8, 4) is 5.75 Å². The van der Waals surface area contributed by atoms with Crippen LogP contribution in [0, 0.1) is 5.92 Å². The van der Waals surface area contributed by atoms with Crippen molar-refractivity contribution in [1.29, 1.82) is 0 Å². The first-order chi connectivity index (χ1) is 14.7. The van der Waals surface area contributed by atoms with E-state index < -0.39 is 0 Å². The van der Waals surface area contributed by atoms with Gasteiger partial charge < -0.3 is 19.4 Å². The number of aromatic nitrogens is 2. The zero-order valence-corrected chi connectivity index (χ0v) is 17.3. The first-order valence-corrected chi connectivity index (χ1v) is 10.6. The number of nitrogens with zero attached hydrogens (tertiary/aromatic N) is 3. The molecule has 7 nitrogen and oxygen atoms in total. The third-order valence-corrected chi connectivity index (χ3v) is 5.54. The van der Waals surface area contributed by atoms with Crippen molar-refractivity contribution in [1.82, 2.24) is 15.3 Å². The molecule has 0 aliphatic carbocycles. The van der Waals surface area contributed by atoms with Crippen LogP contribution in [0.15, 0.2) is 47.0 Å². The number of amides is 1. The number of oxazole rings is 1. The molecule has 1 aromatic carbocycles. The zero-order chi connectivity index (χ0) is 20.8. The van der Waals surface area contributed by atoms with E-state index in [2.05, 4.69) is 32.3 Å². The number of nitrogens with one attached hydrogen (secondary N) is 1. The van der Waals surface area contributed by atoms with E-state index in [4.69, 9.17) is 9.15 Å². The van der Waals surface area contributed by atoms with Crippen LogP contribution in [0.25, 0.3) is 11.2 Å². The Morgan fingerprint density at radius 1 is 1.30 bits per heavy atom. The number of pyridine rings is 1. The van der Waals surface area contributed by atoms with Crippen molar-refractivity contribution in [3.63, 3.8) is 0 Å². The van der Waals surface area contributed by atoms with Crippen LogP contribution in [0.4, 0.5) is 6.01 Å². The van der Waals surface area contributed by atoms with Crippen LogP contribution in [0.1, 0.15) is 31.2 Å². The van der Waals surface area contributed by atoms with Gasteiger partial charge in [0.05, 0.1) is 7.11 Å². The lowest BCUT2D eigenvalue weighted by Gasteiger charge is -2.31. The lowest BCUT2D eigenvalue weighted by molar-refractivity contribution is -0.122. The van der Waals surface area contributed by atoms with E-state index in [1.165, 1.54) is 5.56 Å². The highest BCUT2D eigenvalue weighted by Crippen LogP contribution is 2.26. The average molecular weight is 409 g/mol. The van der Waals surface area contributed by atoms with Crippen LogP contribution >= 0.6 is 0 Å². The summed E-state index contributed by atoms with van der Waals surface area (Å²) < 4.78 is 11.0. The third kappa shape index (κ3) is 5.09. The minimum atomic E-state index is 0.121. The fraction of sp³-hybridized carbons (Fsp3) is 0.435. The predicted octanol–water partition coefficient (Wildman–Crippen LogP) is 3.59. The van der Waals surface area contributed by atoms with E-state index in [9.17, 15) is 4.79 Å². The predicted molar refractivity (Wildman–Crippen MR) is 116 cm³/mol. The van der Waals surface area contributed by atoms with Crippen molar-refractivity contribution < 1.29 is 13.9 Å². The van der Waals surface area contributed by atoms with Gasteiger partial charge in [0.15, 0.2) is 5.58 Å². The number of piperidine rings is 1. The number of methoxy groups -OCH3 is 1. The number of carbonyl (C=O) groups excluding carboxylic acids is 1. The van der Waals surface area contributed by atoms with E-state index in [0.717, 1.165) is 44.5 Å². The van der Waals surface area contributed by atoms with Gasteiger partial charge in [0.25, 0.3) is 6.01 Å². The number of anilines is 1. The summed E-state index contributed by atoms with van der Waals surface area (Å²) in [6, 6.07) is 12.4. The normalized spacial score (nSPS) is 16.6. The molecule has 4 rings (SSSR count). The summed E-state index contributed by atoms with van der Waals surface area (Å²) in [7, 11) is 1.67. The molecule has 2 aromatic heterocycles. The molecule has 1 N–H and O–H groups in total. The lowest BCUT2D eigenvalue weighted by atomic mass is 9.94. The Bertz CT molecular complexity index is 937. The molecular formula is C23H28N4O3. The molecule has 7 heteroatoms. The van der Waals surface area contributed by atoms with Gasteiger partial charge in [-0.25, -0.2) is 4.98 Å². The summed E-state index contributed by atoms with van der Waals surface area (Å²) in [5, 5.41) is 3.07. The monoisotopic (exact) mass is 408 g/mol. The van der Waals surface area contributed by atoms with Crippen molar-refractivity contribution in [3.05, 3.63) is 48.2 Å². The van der Waals surface area contributed by atoms with Crippen LogP contribution < -0.4 is 15.0 Å². The average Bonchev–Trinajstić information content (AvgIpc) is 3.22. The molecule has 0 saturated carbocycles. The first kappa shape index (κ1) is 20.2. The fourth-order valence-electron chi connectivity index (χ4n) is 3.95. The van der Waals surface area contributed by atoms with Gasteiger partial charge in [-0.3, -0.25) is 4.79 Å². The second-order valence-corrected chi connectivity index (χ2v) is 7.78. The summed E-state index contributed by atoms with van der Waals surface area (Å²) in [6.07, 6.45) is 6.19. The number of rotatable bonds is 8. The maximum Gasteiger partial charge on any atom is 0.299 e. The molecule has 158 valence electrons. The number of fused-ring (bicyclic) bond motifs is 1. The highest BCUT2D eigenvalue weighted by Gasteiger charge is 2.25. The minimum Gasteiger partial charge on any atom is -0.497 e. The number of hydrogen-bond donors (Lipinski definition) is 1. The number of hydrogen-bond acceptors (Lipinski definition) is 6. The third-order valence-electron chi connectivity index (χ3n) is 5.54. The van der Waals surface area contributed by atoms with Gasteiger partial charge in [-0.05, 0) is 61.4 Å². The summed E-state index contributed by atoms with van der Waals surface area (Å²) >= 11 is 0. The van der Waals surface area contributed by atoms with Gasteiger partial charge in [-0.1, -0.05) is 12.1 Å². The molecule has 1 aliphatic heterocycles. The van der Waals surface area contributed by atoms with Crippen LogP contribution in [-0.4, -0.2) is 42.6 Å². The summed E-state index contributed by atoms with van der Waals surface area (Å²) in [6.45, 7) is 2.37. The fourth-order valence-corrected chi connectivity index (χ4v) is 3.95. The van der Waals surface area contributed by atoms with Gasteiger partial charge in [0, 0.05) is 32.3 Å². The summed E-state index contributed by atoms with van der Waals surface area (Å²) in [5.74, 6) is 1.29. The second kappa shape index (κ2) is 9.61. The summed E-state index contributed by atoms with van der Waals surface area (Å²) in [4.78, 5) is 23.3. The summed E-state index contributed by atoms with van der Waals surface area (Å²) in [5.41, 5.74) is 2.58. The van der Waals surface area contributed by atoms with Crippen molar-refractivity contribution >= 4 is 23.2 Å². The van der Waals surface area contributed by atoms with Gasteiger partial charge in [-0.2, -0.15) is 4.98 Å². The van der Waals surface area contributed by atoms with Gasteiger partial charge in [-0.15, -0.1) is 0 Å². The minimum absolute atomic E-state index is 0.121. The van der Waals surface area contributed by atoms with Crippen LogP contribution in [0.2, 0.25) is 0 Å². The molecule has 1 aliphatic rings. The maximum absolute atomic E-state index is 12.4. The Morgan fingerprint density at radius 2 is 2.17 bits per heavy atom. The molecule has 1 unspecified atom stereocenters. The molecule has 0 radical (unpaired) electrons. The van der Waals surface area contributed by atoms with Crippen LogP contribution in [0.5, 0.6) is 5.75 Å². The second-order valence-electron chi connectivity index (χ2n) is 7.78. The first-order valence-electron chi connectivity index (χ1n) is 10.6. The van der Waals surface area contributed by atoms with E-state index in [0.29, 0.717) is 36.1 Å². The van der Waals surface area contributed by atoms with Gasteiger partial charge in [0.1, 0.15) is 5.75 Å². The Morgan fingerprint density at radius 3 is 2.97 bits per heavy atom. The van der Waals surface area contributed by atoms with Crippen LogP contribution in [-0.2, 0) is 11.2 Å². The standard InChI is InChI=1S/C23H28N4O3/c1-29-19-10-8-17(9-11-19)5-2-12-24-21(28)15-18-6-4-14-27(16-18)23-26-22-20(30-23)7-3-13-25-22/h3,7-11,13,18H,2,4-6,12,14-16H2,1H3,(H,24,28). The quantitative estimate of drug-likeness (QED) is 0.574. The van der Waals surface area contributed by atoms with E-state index in [1.807, 2.05) is 24.3 Å². The SMILES string of the molecule is COc1ccc(CCCNC(=O)CC2CCCN(c3nc4ncccc4o3)C2)cc1. The smallest absolute Gasteiger partial charge is 0.299 e. The molecule has 1 saturated heterocycles. The lowest BCUT2D eigenvalue weighted by Crippen LogP contribution is -2.38. The van der Waals surface area contributed by atoms with Gasteiger partial charge in [0.2, 0.25) is 11.6 Å². The molecule has 1 fully saturated rings. The molecule has 1 amide bonds. The molecule has 3 heterocycles. The molecule has 0 bridgehead atoms. The topological polar surface area (TPSA) is 80.5 Å².